The summed E-state index contributed by atoms with van der Waals surface area (Å²) in [4.78, 5) is 15.6. The van der Waals surface area contributed by atoms with Crippen LogP contribution in [0.1, 0.15) is 43.4 Å². The van der Waals surface area contributed by atoms with Crippen LogP contribution < -0.4 is 5.32 Å². The number of carbonyl (C=O) groups excluding carboxylic acids is 1. The zero-order valence-corrected chi connectivity index (χ0v) is 23.1. The second-order valence-corrected chi connectivity index (χ2v) is 11.0. The number of nitrogens with one attached hydrogen (secondary N) is 1. The summed E-state index contributed by atoms with van der Waals surface area (Å²) in [5.41, 5.74) is -1.63. The topological polar surface area (TPSA) is 69.3 Å². The number of nitrogens with zero attached hydrogens (tertiary/aromatic N) is 1. The first-order chi connectivity index (χ1) is 18.8. The van der Waals surface area contributed by atoms with Crippen LogP contribution >= 0.6 is 0 Å². The van der Waals surface area contributed by atoms with Crippen LogP contribution in [-0.2, 0) is 43.1 Å². The molecule has 1 amide bonds. The van der Waals surface area contributed by atoms with Crippen molar-refractivity contribution in [3.63, 3.8) is 0 Å². The van der Waals surface area contributed by atoms with Crippen LogP contribution in [0.2, 0.25) is 0 Å². The third-order valence-corrected chi connectivity index (χ3v) is 7.09. The van der Waals surface area contributed by atoms with Gasteiger partial charge in [-0.3, -0.25) is 4.79 Å². The van der Waals surface area contributed by atoms with Crippen molar-refractivity contribution < 1.29 is 41.3 Å². The van der Waals surface area contributed by atoms with Crippen molar-refractivity contribution in [3.8, 4) is 0 Å². The fourth-order valence-corrected chi connectivity index (χ4v) is 5.13. The van der Waals surface area contributed by atoms with Crippen molar-refractivity contribution in [3.05, 3.63) is 71.0 Å². The molecular formula is C29H36F4N2O5. The normalized spacial score (nSPS) is 26.1. The highest BCUT2D eigenvalue weighted by Crippen LogP contribution is 2.44. The molecule has 1 saturated carbocycles. The minimum Gasteiger partial charge on any atom is -0.371 e. The van der Waals surface area contributed by atoms with Crippen molar-refractivity contribution in [2.45, 2.75) is 75.8 Å². The van der Waals surface area contributed by atoms with Gasteiger partial charge < -0.3 is 29.2 Å². The molecule has 2 fully saturated rings. The first kappa shape index (κ1) is 30.4. The van der Waals surface area contributed by atoms with Crippen LogP contribution in [0.5, 0.6) is 0 Å². The second kappa shape index (κ2) is 12.1. The second-order valence-electron chi connectivity index (χ2n) is 11.0. The summed E-state index contributed by atoms with van der Waals surface area (Å²) < 4.78 is 78.8. The lowest BCUT2D eigenvalue weighted by Crippen LogP contribution is -2.60. The lowest BCUT2D eigenvalue weighted by Gasteiger charge is -2.43. The number of benzene rings is 2. The third-order valence-electron chi connectivity index (χ3n) is 7.09. The molecule has 1 unspecified atom stereocenters. The van der Waals surface area contributed by atoms with Crippen molar-refractivity contribution in [1.82, 2.24) is 10.2 Å². The molecule has 2 aromatic rings. The smallest absolute Gasteiger partial charge is 0.371 e. The Bertz CT molecular complexity index is 1180. The molecule has 11 heteroatoms. The maximum absolute atomic E-state index is 14.4. The monoisotopic (exact) mass is 568 g/mol. The summed E-state index contributed by atoms with van der Waals surface area (Å²) >= 11 is 0. The molecule has 0 bridgehead atoms. The SMILES string of the molecule is CN(C)CCNC(=O)[C@@]1(OCc2ccccc2F)CC(OCc2cccc(C(F)(F)F)c2)[C@@H]2OC(C)(C)O[C@@H]2C1. The van der Waals surface area contributed by atoms with Crippen LogP contribution in [0.4, 0.5) is 17.6 Å². The number of amides is 1. The van der Waals surface area contributed by atoms with E-state index in [9.17, 15) is 22.4 Å². The Morgan fingerprint density at radius 1 is 1.07 bits per heavy atom. The van der Waals surface area contributed by atoms with Gasteiger partial charge in [-0.05, 0) is 51.7 Å². The molecule has 1 aliphatic carbocycles. The molecule has 4 rings (SSSR count). The number of likely N-dealkylation sites (N-methyl/N-ethyl adjacent to an activating group) is 1. The number of alkyl halides is 3. The molecular weight excluding hydrogens is 532 g/mol. The molecule has 1 saturated heterocycles. The Kier molecular flexibility index (Phi) is 9.21. The molecule has 40 heavy (non-hydrogen) atoms. The van der Waals surface area contributed by atoms with E-state index in [-0.39, 0.29) is 31.6 Å². The average molecular weight is 569 g/mol. The van der Waals surface area contributed by atoms with E-state index < -0.39 is 53.2 Å². The third kappa shape index (κ3) is 7.38. The van der Waals surface area contributed by atoms with Gasteiger partial charge in [0, 0.05) is 31.5 Å². The first-order valence-electron chi connectivity index (χ1n) is 13.2. The van der Waals surface area contributed by atoms with Gasteiger partial charge in [0.1, 0.15) is 11.9 Å². The van der Waals surface area contributed by atoms with Crippen molar-refractivity contribution in [2.24, 2.45) is 0 Å². The van der Waals surface area contributed by atoms with E-state index in [4.69, 9.17) is 18.9 Å². The van der Waals surface area contributed by atoms with E-state index in [0.29, 0.717) is 18.7 Å². The predicted molar refractivity (Wildman–Crippen MR) is 139 cm³/mol. The van der Waals surface area contributed by atoms with Crippen molar-refractivity contribution in [1.29, 1.82) is 0 Å². The molecule has 0 spiro atoms. The highest BCUT2D eigenvalue weighted by Gasteiger charge is 2.58. The van der Waals surface area contributed by atoms with Gasteiger partial charge in [0.25, 0.3) is 5.91 Å². The van der Waals surface area contributed by atoms with Crippen LogP contribution in [0.15, 0.2) is 48.5 Å². The summed E-state index contributed by atoms with van der Waals surface area (Å²) in [6, 6.07) is 11.0. The summed E-state index contributed by atoms with van der Waals surface area (Å²) in [6.45, 7) is 4.11. The molecule has 1 aliphatic heterocycles. The van der Waals surface area contributed by atoms with E-state index in [0.717, 1.165) is 12.1 Å². The Labute approximate surface area is 231 Å². The van der Waals surface area contributed by atoms with Gasteiger partial charge in [-0.2, -0.15) is 13.2 Å². The highest BCUT2D eigenvalue weighted by atomic mass is 19.4. The average Bonchev–Trinajstić information content (AvgIpc) is 3.19. The fraction of sp³-hybridized carbons (Fsp3) is 0.552. The zero-order valence-electron chi connectivity index (χ0n) is 23.1. The van der Waals surface area contributed by atoms with Gasteiger partial charge in [-0.25, -0.2) is 4.39 Å². The Morgan fingerprint density at radius 3 is 2.52 bits per heavy atom. The van der Waals surface area contributed by atoms with Crippen LogP contribution in [0.3, 0.4) is 0 Å². The molecule has 1 N–H and O–H groups in total. The Balaban J connectivity index is 1.60. The first-order valence-corrected chi connectivity index (χ1v) is 13.2. The summed E-state index contributed by atoms with van der Waals surface area (Å²) in [5.74, 6) is -1.83. The van der Waals surface area contributed by atoms with Gasteiger partial charge in [0.2, 0.25) is 0 Å². The van der Waals surface area contributed by atoms with E-state index in [1.165, 1.54) is 12.1 Å². The maximum atomic E-state index is 14.4. The number of ether oxygens (including phenoxy) is 4. The highest BCUT2D eigenvalue weighted by molar-refractivity contribution is 5.85. The lowest BCUT2D eigenvalue weighted by molar-refractivity contribution is -0.183. The number of hydrogen-bond acceptors (Lipinski definition) is 6. The van der Waals surface area contributed by atoms with Gasteiger partial charge in [-0.1, -0.05) is 30.3 Å². The van der Waals surface area contributed by atoms with E-state index in [2.05, 4.69) is 5.32 Å². The number of rotatable bonds is 10. The van der Waals surface area contributed by atoms with Gasteiger partial charge in [-0.15, -0.1) is 0 Å². The van der Waals surface area contributed by atoms with Crippen LogP contribution in [0, 0.1) is 5.82 Å². The largest absolute Gasteiger partial charge is 0.416 e. The number of halogens is 4. The van der Waals surface area contributed by atoms with Crippen LogP contribution in [0.25, 0.3) is 0 Å². The molecule has 220 valence electrons. The molecule has 4 atom stereocenters. The van der Waals surface area contributed by atoms with Crippen molar-refractivity contribution in [2.75, 3.05) is 27.2 Å². The van der Waals surface area contributed by atoms with E-state index in [1.807, 2.05) is 19.0 Å². The molecule has 2 aromatic carbocycles. The van der Waals surface area contributed by atoms with E-state index >= 15 is 0 Å². The maximum Gasteiger partial charge on any atom is 0.416 e. The number of hydrogen-bond donors (Lipinski definition) is 1. The van der Waals surface area contributed by atoms with Gasteiger partial charge in [0.05, 0.1) is 31.0 Å². The summed E-state index contributed by atoms with van der Waals surface area (Å²) in [5, 5.41) is 2.92. The minimum atomic E-state index is -4.49. The molecule has 0 aromatic heterocycles. The fourth-order valence-electron chi connectivity index (χ4n) is 5.13. The standard InChI is InChI=1S/C29H36F4N2O5/c1-27(2)39-24-16-28(26(36)34-12-13-35(3)4,38-18-20-9-5-6-11-22(20)30)15-23(25(24)40-27)37-17-19-8-7-10-21(14-19)29(31,32)33/h5-11,14,23-25H,12-13,15-18H2,1-4H3,(H,34,36)/t23?,24-,25+,28-/m1/s1. The van der Waals surface area contributed by atoms with E-state index in [1.54, 1.807) is 38.1 Å². The van der Waals surface area contributed by atoms with Crippen LogP contribution in [-0.4, -0.2) is 67.7 Å². The Morgan fingerprint density at radius 2 is 1.82 bits per heavy atom. The zero-order chi connectivity index (χ0) is 29.1. The number of fused-ring (bicyclic) bond motifs is 1. The summed E-state index contributed by atoms with van der Waals surface area (Å²) in [6.07, 6.45) is -6.26. The summed E-state index contributed by atoms with van der Waals surface area (Å²) in [7, 11) is 3.76. The minimum absolute atomic E-state index is 0.0365. The molecule has 1 heterocycles. The van der Waals surface area contributed by atoms with Crippen molar-refractivity contribution >= 4 is 5.91 Å². The lowest BCUT2D eigenvalue weighted by atomic mass is 9.78. The quantitative estimate of drug-likeness (QED) is 0.420. The molecule has 0 radical (unpaired) electrons. The predicted octanol–water partition coefficient (Wildman–Crippen LogP) is 4.68. The number of carbonyl (C=O) groups is 1. The van der Waals surface area contributed by atoms with Gasteiger partial charge >= 0.3 is 6.18 Å². The molecule has 2 aliphatic rings. The molecule has 7 nitrogen and oxygen atoms in total. The van der Waals surface area contributed by atoms with Gasteiger partial charge in [0.15, 0.2) is 11.4 Å². The Hall–Kier alpha value is -2.57.